The standard InChI is InChI=1S/C13H11BrFN3O2/c1-8-12(14)13(20)18(7-16-8)6-11(19)17-10-4-2-9(15)3-5-10/h2-5,7H,6H2,1H3,(H,17,19). The Morgan fingerprint density at radius 2 is 2.05 bits per heavy atom. The number of hydrogen-bond donors (Lipinski definition) is 1. The van der Waals surface area contributed by atoms with Gasteiger partial charge in [-0.15, -0.1) is 0 Å². The van der Waals surface area contributed by atoms with E-state index in [0.29, 0.717) is 15.9 Å². The van der Waals surface area contributed by atoms with Crippen molar-refractivity contribution < 1.29 is 9.18 Å². The number of benzene rings is 1. The lowest BCUT2D eigenvalue weighted by Gasteiger charge is -2.08. The van der Waals surface area contributed by atoms with Gasteiger partial charge in [-0.05, 0) is 47.1 Å². The molecule has 0 aliphatic rings. The molecule has 0 saturated heterocycles. The van der Waals surface area contributed by atoms with Crippen molar-refractivity contribution in [1.29, 1.82) is 0 Å². The van der Waals surface area contributed by atoms with Crippen LogP contribution in [-0.4, -0.2) is 15.5 Å². The van der Waals surface area contributed by atoms with E-state index in [-0.39, 0.29) is 17.9 Å². The second-order valence-electron chi connectivity index (χ2n) is 4.13. The van der Waals surface area contributed by atoms with Crippen LogP contribution in [0.2, 0.25) is 0 Å². The molecule has 0 unspecified atom stereocenters. The van der Waals surface area contributed by atoms with E-state index < -0.39 is 5.91 Å². The number of amides is 1. The highest BCUT2D eigenvalue weighted by Crippen LogP contribution is 2.09. The van der Waals surface area contributed by atoms with Gasteiger partial charge in [-0.3, -0.25) is 14.2 Å². The molecule has 2 rings (SSSR count). The molecule has 104 valence electrons. The first-order valence-corrected chi connectivity index (χ1v) is 6.53. The van der Waals surface area contributed by atoms with Crippen LogP contribution in [-0.2, 0) is 11.3 Å². The molecule has 1 aromatic heterocycles. The predicted molar refractivity (Wildman–Crippen MR) is 76.0 cm³/mol. The first kappa shape index (κ1) is 14.4. The van der Waals surface area contributed by atoms with Crippen molar-refractivity contribution in [2.45, 2.75) is 13.5 Å². The minimum Gasteiger partial charge on any atom is -0.325 e. The molecule has 0 bridgehead atoms. The van der Waals surface area contributed by atoms with Crippen molar-refractivity contribution in [2.24, 2.45) is 0 Å². The van der Waals surface area contributed by atoms with Crippen molar-refractivity contribution in [3.63, 3.8) is 0 Å². The van der Waals surface area contributed by atoms with Crippen molar-refractivity contribution in [3.05, 3.63) is 56.9 Å². The number of anilines is 1. The van der Waals surface area contributed by atoms with Gasteiger partial charge >= 0.3 is 0 Å². The summed E-state index contributed by atoms with van der Waals surface area (Å²) in [7, 11) is 0. The SMILES string of the molecule is Cc1ncn(CC(=O)Nc2ccc(F)cc2)c(=O)c1Br. The molecule has 1 N–H and O–H groups in total. The summed E-state index contributed by atoms with van der Waals surface area (Å²) < 4.78 is 14.3. The predicted octanol–water partition coefficient (Wildman–Crippen LogP) is 2.09. The van der Waals surface area contributed by atoms with Crippen LogP contribution in [0.15, 0.2) is 39.9 Å². The lowest BCUT2D eigenvalue weighted by Crippen LogP contribution is -2.28. The summed E-state index contributed by atoms with van der Waals surface area (Å²) in [6.45, 7) is 1.52. The normalized spacial score (nSPS) is 10.3. The van der Waals surface area contributed by atoms with Gasteiger partial charge in [0, 0.05) is 5.69 Å². The fraction of sp³-hybridized carbons (Fsp3) is 0.154. The van der Waals surface area contributed by atoms with Crippen LogP contribution in [0.4, 0.5) is 10.1 Å². The van der Waals surface area contributed by atoms with Crippen LogP contribution in [0.1, 0.15) is 5.69 Å². The average Bonchev–Trinajstić information content (AvgIpc) is 2.42. The molecule has 7 heteroatoms. The van der Waals surface area contributed by atoms with E-state index in [0.717, 1.165) is 0 Å². The molecule has 1 heterocycles. The third kappa shape index (κ3) is 3.30. The third-order valence-corrected chi connectivity index (χ3v) is 3.51. The molecule has 5 nitrogen and oxygen atoms in total. The number of nitrogens with one attached hydrogen (secondary N) is 1. The van der Waals surface area contributed by atoms with E-state index in [1.54, 1.807) is 6.92 Å². The van der Waals surface area contributed by atoms with Gasteiger partial charge in [-0.2, -0.15) is 0 Å². The summed E-state index contributed by atoms with van der Waals surface area (Å²) in [4.78, 5) is 27.7. The summed E-state index contributed by atoms with van der Waals surface area (Å²) in [6.07, 6.45) is 1.31. The number of aromatic nitrogens is 2. The number of carbonyl (C=O) groups is 1. The van der Waals surface area contributed by atoms with E-state index in [1.807, 2.05) is 0 Å². The molecule has 1 aromatic carbocycles. The fourth-order valence-electron chi connectivity index (χ4n) is 1.55. The first-order chi connectivity index (χ1) is 9.47. The highest BCUT2D eigenvalue weighted by atomic mass is 79.9. The zero-order valence-corrected chi connectivity index (χ0v) is 12.1. The van der Waals surface area contributed by atoms with E-state index >= 15 is 0 Å². The van der Waals surface area contributed by atoms with Crippen molar-refractivity contribution in [2.75, 3.05) is 5.32 Å². The monoisotopic (exact) mass is 339 g/mol. The molecule has 0 saturated carbocycles. The molecule has 0 aliphatic carbocycles. The summed E-state index contributed by atoms with van der Waals surface area (Å²) in [5.74, 6) is -0.776. The second-order valence-corrected chi connectivity index (χ2v) is 4.93. The number of halogens is 2. The Kier molecular flexibility index (Phi) is 4.29. The molecule has 2 aromatic rings. The van der Waals surface area contributed by atoms with Crippen LogP contribution < -0.4 is 10.9 Å². The van der Waals surface area contributed by atoms with Gasteiger partial charge in [0.15, 0.2) is 0 Å². The Balaban J connectivity index is 2.11. The number of nitrogens with zero attached hydrogens (tertiary/aromatic N) is 2. The van der Waals surface area contributed by atoms with Gasteiger partial charge in [-0.25, -0.2) is 9.37 Å². The highest BCUT2D eigenvalue weighted by molar-refractivity contribution is 9.10. The van der Waals surface area contributed by atoms with Crippen LogP contribution in [0.3, 0.4) is 0 Å². The molecule has 0 spiro atoms. The maximum atomic E-state index is 12.7. The Hall–Kier alpha value is -2.02. The van der Waals surface area contributed by atoms with E-state index in [4.69, 9.17) is 0 Å². The van der Waals surface area contributed by atoms with Crippen molar-refractivity contribution in [3.8, 4) is 0 Å². The fourth-order valence-corrected chi connectivity index (χ4v) is 1.88. The lowest BCUT2D eigenvalue weighted by molar-refractivity contribution is -0.116. The lowest BCUT2D eigenvalue weighted by atomic mass is 10.3. The number of carbonyl (C=O) groups excluding carboxylic acids is 1. The number of hydrogen-bond acceptors (Lipinski definition) is 3. The Bertz CT molecular complexity index is 698. The first-order valence-electron chi connectivity index (χ1n) is 5.74. The molecule has 0 radical (unpaired) electrons. The van der Waals surface area contributed by atoms with Crippen LogP contribution >= 0.6 is 15.9 Å². The average molecular weight is 340 g/mol. The number of aryl methyl sites for hydroxylation is 1. The van der Waals surface area contributed by atoms with E-state index in [1.165, 1.54) is 35.2 Å². The Morgan fingerprint density at radius 3 is 2.70 bits per heavy atom. The summed E-state index contributed by atoms with van der Waals surface area (Å²) in [5.41, 5.74) is 0.695. The summed E-state index contributed by atoms with van der Waals surface area (Å²) in [5, 5.41) is 2.57. The van der Waals surface area contributed by atoms with Crippen LogP contribution in [0.25, 0.3) is 0 Å². The molecule has 0 aliphatic heterocycles. The van der Waals surface area contributed by atoms with Gasteiger partial charge in [0.1, 0.15) is 16.8 Å². The number of rotatable bonds is 3. The van der Waals surface area contributed by atoms with Gasteiger partial charge in [0.05, 0.1) is 12.0 Å². The topological polar surface area (TPSA) is 64.0 Å². The molecular weight excluding hydrogens is 329 g/mol. The minimum atomic E-state index is -0.392. The molecule has 20 heavy (non-hydrogen) atoms. The van der Waals surface area contributed by atoms with Gasteiger partial charge in [-0.1, -0.05) is 0 Å². The van der Waals surface area contributed by atoms with Gasteiger partial charge in [0.2, 0.25) is 5.91 Å². The zero-order valence-electron chi connectivity index (χ0n) is 10.6. The van der Waals surface area contributed by atoms with Gasteiger partial charge in [0.25, 0.3) is 5.56 Å². The van der Waals surface area contributed by atoms with Crippen LogP contribution in [0.5, 0.6) is 0 Å². The molecule has 0 atom stereocenters. The second kappa shape index (κ2) is 5.96. The quantitative estimate of drug-likeness (QED) is 0.931. The maximum absolute atomic E-state index is 12.7. The largest absolute Gasteiger partial charge is 0.325 e. The molecule has 1 amide bonds. The smallest absolute Gasteiger partial charge is 0.268 e. The molecule has 0 fully saturated rings. The third-order valence-electron chi connectivity index (χ3n) is 2.60. The van der Waals surface area contributed by atoms with Gasteiger partial charge < -0.3 is 5.32 Å². The van der Waals surface area contributed by atoms with Crippen LogP contribution in [0, 0.1) is 12.7 Å². The summed E-state index contributed by atoms with van der Waals surface area (Å²) in [6, 6.07) is 5.37. The van der Waals surface area contributed by atoms with Crippen molar-refractivity contribution in [1.82, 2.24) is 9.55 Å². The van der Waals surface area contributed by atoms with E-state index in [9.17, 15) is 14.0 Å². The van der Waals surface area contributed by atoms with E-state index in [2.05, 4.69) is 26.2 Å². The minimum absolute atomic E-state index is 0.165. The molecular formula is C13H11BrFN3O2. The zero-order chi connectivity index (χ0) is 14.7. The summed E-state index contributed by atoms with van der Waals surface area (Å²) >= 11 is 3.13. The Morgan fingerprint density at radius 1 is 1.40 bits per heavy atom. The maximum Gasteiger partial charge on any atom is 0.268 e. The highest BCUT2D eigenvalue weighted by Gasteiger charge is 2.09. The Labute approximate surface area is 122 Å². The van der Waals surface area contributed by atoms with Crippen molar-refractivity contribution >= 4 is 27.5 Å².